The fourth-order valence-corrected chi connectivity index (χ4v) is 4.75. The van der Waals surface area contributed by atoms with E-state index in [4.69, 9.17) is 0 Å². The Morgan fingerprint density at radius 1 is 1.26 bits per heavy atom. The molecule has 0 aliphatic carbocycles. The molecule has 0 unspecified atom stereocenters. The van der Waals surface area contributed by atoms with E-state index < -0.39 is 14.6 Å². The van der Waals surface area contributed by atoms with Crippen molar-refractivity contribution in [1.29, 1.82) is 0 Å². The lowest BCUT2D eigenvalue weighted by Crippen LogP contribution is -2.57. The average Bonchev–Trinajstić information content (AvgIpc) is 2.52. The second kappa shape index (κ2) is 8.92. The number of thioether (sulfide) groups is 1. The van der Waals surface area contributed by atoms with Crippen LogP contribution in [0.3, 0.4) is 0 Å². The third kappa shape index (κ3) is 5.11. The lowest BCUT2D eigenvalue weighted by atomic mass is 9.96. The number of piperidine rings is 1. The number of halogens is 1. The van der Waals surface area contributed by atoms with Gasteiger partial charge >= 0.3 is 0 Å². The van der Waals surface area contributed by atoms with Gasteiger partial charge in [0, 0.05) is 23.4 Å². The first-order valence-electron chi connectivity index (χ1n) is 7.32. The fourth-order valence-electron chi connectivity index (χ4n) is 2.61. The van der Waals surface area contributed by atoms with Crippen molar-refractivity contribution in [3.63, 3.8) is 0 Å². The number of carbonyl (C=O) groups is 1. The lowest BCUT2D eigenvalue weighted by Gasteiger charge is -2.34. The Morgan fingerprint density at radius 2 is 1.87 bits per heavy atom. The highest BCUT2D eigenvalue weighted by Crippen LogP contribution is 2.28. The molecule has 0 spiro atoms. The number of benzene rings is 1. The van der Waals surface area contributed by atoms with Crippen LogP contribution in [0, 0.1) is 0 Å². The van der Waals surface area contributed by atoms with Crippen LogP contribution in [0.2, 0.25) is 0 Å². The molecule has 1 saturated heterocycles. The molecule has 1 aromatic carbocycles. The Kier molecular flexibility index (Phi) is 7.86. The molecule has 8 heteroatoms. The predicted molar refractivity (Wildman–Crippen MR) is 97.1 cm³/mol. The monoisotopic (exact) mass is 378 g/mol. The maximum atomic E-state index is 12.5. The SMILES string of the molecule is CS(=O)(=O)C1(C(=O)NCCSc2ccccc2)CCNCC1.Cl. The third-order valence-corrected chi connectivity index (χ3v) is 6.96. The molecular formula is C15H23ClN2O3S2. The van der Waals surface area contributed by atoms with Crippen LogP contribution in [0.1, 0.15) is 12.8 Å². The molecule has 1 aliphatic heterocycles. The van der Waals surface area contributed by atoms with Gasteiger partial charge in [-0.2, -0.15) is 0 Å². The zero-order valence-corrected chi connectivity index (χ0v) is 15.5. The van der Waals surface area contributed by atoms with E-state index in [1.165, 1.54) is 0 Å². The van der Waals surface area contributed by atoms with Crippen LogP contribution in [0.5, 0.6) is 0 Å². The summed E-state index contributed by atoms with van der Waals surface area (Å²) >= 11 is 1.64. The van der Waals surface area contributed by atoms with Gasteiger partial charge in [-0.05, 0) is 38.1 Å². The highest BCUT2D eigenvalue weighted by Gasteiger charge is 2.48. The normalized spacial score (nSPS) is 17.1. The van der Waals surface area contributed by atoms with Gasteiger partial charge < -0.3 is 10.6 Å². The summed E-state index contributed by atoms with van der Waals surface area (Å²) in [5, 5.41) is 5.91. The van der Waals surface area contributed by atoms with Gasteiger partial charge in [-0.3, -0.25) is 4.79 Å². The highest BCUT2D eigenvalue weighted by molar-refractivity contribution is 7.99. The lowest BCUT2D eigenvalue weighted by molar-refractivity contribution is -0.124. The zero-order chi connectivity index (χ0) is 16.1. The summed E-state index contributed by atoms with van der Waals surface area (Å²) in [7, 11) is -3.43. The number of nitrogens with one attached hydrogen (secondary N) is 2. The average molecular weight is 379 g/mol. The molecular weight excluding hydrogens is 356 g/mol. The van der Waals surface area contributed by atoms with E-state index in [9.17, 15) is 13.2 Å². The van der Waals surface area contributed by atoms with Crippen LogP contribution in [-0.2, 0) is 14.6 Å². The summed E-state index contributed by atoms with van der Waals surface area (Å²) in [6.45, 7) is 1.57. The van der Waals surface area contributed by atoms with Gasteiger partial charge in [-0.15, -0.1) is 24.2 Å². The number of rotatable bonds is 6. The van der Waals surface area contributed by atoms with E-state index in [0.29, 0.717) is 38.2 Å². The van der Waals surface area contributed by atoms with Gasteiger partial charge in [0.05, 0.1) is 0 Å². The van der Waals surface area contributed by atoms with Crippen molar-refractivity contribution in [2.45, 2.75) is 22.5 Å². The number of sulfone groups is 1. The van der Waals surface area contributed by atoms with E-state index in [1.54, 1.807) is 11.8 Å². The Morgan fingerprint density at radius 3 is 2.43 bits per heavy atom. The second-order valence-electron chi connectivity index (χ2n) is 5.43. The van der Waals surface area contributed by atoms with Crippen molar-refractivity contribution in [3.05, 3.63) is 30.3 Å². The second-order valence-corrected chi connectivity index (χ2v) is 8.93. The van der Waals surface area contributed by atoms with E-state index in [0.717, 1.165) is 11.2 Å². The molecule has 23 heavy (non-hydrogen) atoms. The topological polar surface area (TPSA) is 75.3 Å². The summed E-state index contributed by atoms with van der Waals surface area (Å²) < 4.78 is 23.0. The maximum absolute atomic E-state index is 12.5. The standard InChI is InChI=1S/C15H22N2O3S2.ClH/c1-22(19,20)15(7-9-16-10-8-15)14(18)17-11-12-21-13-5-3-2-4-6-13;/h2-6,16H,7-12H2,1H3,(H,17,18);1H. The van der Waals surface area contributed by atoms with Crippen LogP contribution < -0.4 is 10.6 Å². The zero-order valence-electron chi connectivity index (χ0n) is 13.1. The Labute approximate surface area is 148 Å². The molecule has 1 heterocycles. The van der Waals surface area contributed by atoms with Gasteiger partial charge in [0.25, 0.3) is 0 Å². The van der Waals surface area contributed by atoms with Gasteiger partial charge in [-0.1, -0.05) is 18.2 Å². The summed E-state index contributed by atoms with van der Waals surface area (Å²) in [6.07, 6.45) is 1.84. The first kappa shape index (κ1) is 20.3. The number of carbonyl (C=O) groups excluding carboxylic acids is 1. The van der Waals surface area contributed by atoms with Crippen molar-refractivity contribution in [3.8, 4) is 0 Å². The molecule has 0 saturated carbocycles. The van der Waals surface area contributed by atoms with Gasteiger partial charge in [0.1, 0.15) is 0 Å². The molecule has 1 fully saturated rings. The largest absolute Gasteiger partial charge is 0.354 e. The van der Waals surface area contributed by atoms with E-state index >= 15 is 0 Å². The summed E-state index contributed by atoms with van der Waals surface area (Å²) in [4.78, 5) is 13.6. The molecule has 1 amide bonds. The predicted octanol–water partition coefficient (Wildman–Crippen LogP) is 1.48. The van der Waals surface area contributed by atoms with Crippen LogP contribution in [-0.4, -0.2) is 50.7 Å². The van der Waals surface area contributed by atoms with E-state index in [1.807, 2.05) is 30.3 Å². The molecule has 1 aromatic rings. The summed E-state index contributed by atoms with van der Waals surface area (Å²) in [5.74, 6) is 0.360. The number of hydrogen-bond donors (Lipinski definition) is 2. The quantitative estimate of drug-likeness (QED) is 0.579. The smallest absolute Gasteiger partial charge is 0.241 e. The van der Waals surface area contributed by atoms with Gasteiger partial charge in [0.2, 0.25) is 5.91 Å². The molecule has 0 aromatic heterocycles. The van der Waals surface area contributed by atoms with Crippen LogP contribution >= 0.6 is 24.2 Å². The van der Waals surface area contributed by atoms with Gasteiger partial charge in [-0.25, -0.2) is 8.42 Å². The highest BCUT2D eigenvalue weighted by atomic mass is 35.5. The minimum absolute atomic E-state index is 0. The van der Waals surface area contributed by atoms with Crippen molar-refractivity contribution in [2.24, 2.45) is 0 Å². The molecule has 0 bridgehead atoms. The summed E-state index contributed by atoms with van der Waals surface area (Å²) in [5.41, 5.74) is 0. The van der Waals surface area contributed by atoms with Crippen LogP contribution in [0.25, 0.3) is 0 Å². The maximum Gasteiger partial charge on any atom is 0.241 e. The van der Waals surface area contributed by atoms with Crippen molar-refractivity contribution < 1.29 is 13.2 Å². The molecule has 2 N–H and O–H groups in total. The Hall–Kier alpha value is -0.760. The van der Waals surface area contributed by atoms with Crippen LogP contribution in [0.4, 0.5) is 0 Å². The van der Waals surface area contributed by atoms with Gasteiger partial charge in [0.15, 0.2) is 14.6 Å². The minimum Gasteiger partial charge on any atom is -0.354 e. The first-order valence-corrected chi connectivity index (χ1v) is 10.2. The van der Waals surface area contributed by atoms with Crippen molar-refractivity contribution in [2.75, 3.05) is 31.6 Å². The number of hydrogen-bond acceptors (Lipinski definition) is 5. The molecule has 5 nitrogen and oxygen atoms in total. The molecule has 1 aliphatic rings. The van der Waals surface area contributed by atoms with Crippen molar-refractivity contribution >= 4 is 39.9 Å². The molecule has 0 atom stereocenters. The third-order valence-electron chi connectivity index (χ3n) is 3.93. The van der Waals surface area contributed by atoms with Crippen molar-refractivity contribution in [1.82, 2.24) is 10.6 Å². The molecule has 0 radical (unpaired) electrons. The van der Waals surface area contributed by atoms with Crippen LogP contribution in [0.15, 0.2) is 35.2 Å². The molecule has 130 valence electrons. The first-order chi connectivity index (χ1) is 10.5. The Bertz CT molecular complexity index is 602. The number of amides is 1. The molecule has 2 rings (SSSR count). The minimum atomic E-state index is -3.43. The van der Waals surface area contributed by atoms with E-state index in [-0.39, 0.29) is 18.3 Å². The fraction of sp³-hybridized carbons (Fsp3) is 0.533. The Balaban J connectivity index is 0.00000264. The van der Waals surface area contributed by atoms with E-state index in [2.05, 4.69) is 10.6 Å². The summed E-state index contributed by atoms with van der Waals surface area (Å²) in [6, 6.07) is 9.91.